The Kier molecular flexibility index (Phi) is 9.57. The van der Waals surface area contributed by atoms with Crippen molar-refractivity contribution in [3.05, 3.63) is 101 Å². The average Bonchev–Trinajstić information content (AvgIpc) is 2.99. The molecule has 6 heteroatoms. The van der Waals surface area contributed by atoms with Crippen molar-refractivity contribution in [2.24, 2.45) is 0 Å². The molecular formula is C33H36O6. The molecule has 39 heavy (non-hydrogen) atoms. The van der Waals surface area contributed by atoms with E-state index in [1.165, 1.54) is 11.1 Å². The minimum absolute atomic E-state index is 0.619. The molecule has 0 fully saturated rings. The first kappa shape index (κ1) is 27.7. The second-order valence-electron chi connectivity index (χ2n) is 9.13. The summed E-state index contributed by atoms with van der Waals surface area (Å²) >= 11 is 0. The van der Waals surface area contributed by atoms with E-state index in [2.05, 4.69) is 24.3 Å². The van der Waals surface area contributed by atoms with Crippen molar-refractivity contribution in [2.45, 2.75) is 25.7 Å². The van der Waals surface area contributed by atoms with Gasteiger partial charge in [-0.15, -0.1) is 0 Å². The third kappa shape index (κ3) is 7.38. The molecule has 0 saturated heterocycles. The van der Waals surface area contributed by atoms with E-state index in [-0.39, 0.29) is 0 Å². The van der Waals surface area contributed by atoms with E-state index in [0.29, 0.717) is 11.5 Å². The zero-order valence-electron chi connectivity index (χ0n) is 23.3. The number of hydrogen-bond donors (Lipinski definition) is 0. The molecule has 0 bridgehead atoms. The second kappa shape index (κ2) is 13.5. The number of rotatable bonds is 13. The predicted octanol–water partition coefficient (Wildman–Crippen LogP) is 7.09. The zero-order chi connectivity index (χ0) is 27.6. The summed E-state index contributed by atoms with van der Waals surface area (Å²) in [5.41, 5.74) is 4.59. The summed E-state index contributed by atoms with van der Waals surface area (Å²) < 4.78 is 33.8. The number of ether oxygens (including phenoxy) is 6. The van der Waals surface area contributed by atoms with Gasteiger partial charge in [0.25, 0.3) is 0 Å². The second-order valence-corrected chi connectivity index (χ2v) is 9.13. The van der Waals surface area contributed by atoms with Gasteiger partial charge in [0.05, 0.1) is 35.5 Å². The van der Waals surface area contributed by atoms with Crippen LogP contribution in [0.5, 0.6) is 40.2 Å². The summed E-state index contributed by atoms with van der Waals surface area (Å²) in [5, 5.41) is 0. The van der Waals surface area contributed by atoms with E-state index >= 15 is 0 Å². The van der Waals surface area contributed by atoms with E-state index in [4.69, 9.17) is 28.4 Å². The maximum Gasteiger partial charge on any atom is 0.169 e. The van der Waals surface area contributed by atoms with Crippen molar-refractivity contribution in [3.8, 4) is 40.2 Å². The summed E-state index contributed by atoms with van der Waals surface area (Å²) in [6.45, 7) is 0. The molecule has 6 nitrogen and oxygen atoms in total. The van der Waals surface area contributed by atoms with Crippen LogP contribution in [0.2, 0.25) is 0 Å². The van der Waals surface area contributed by atoms with Crippen LogP contribution >= 0.6 is 0 Å². The molecule has 204 valence electrons. The molecule has 0 radical (unpaired) electrons. The van der Waals surface area contributed by atoms with E-state index in [9.17, 15) is 0 Å². The SMILES string of the molecule is COc1ccc(CCc2cc(Oc3cccc(CCc4cc(OC)cc(OC)c4)c3)c(OC)cc2OC)cc1. The lowest BCUT2D eigenvalue weighted by molar-refractivity contribution is 0.366. The fourth-order valence-electron chi connectivity index (χ4n) is 4.47. The quantitative estimate of drug-likeness (QED) is 0.185. The van der Waals surface area contributed by atoms with Crippen molar-refractivity contribution < 1.29 is 28.4 Å². The molecule has 0 atom stereocenters. The Labute approximate surface area is 231 Å². The largest absolute Gasteiger partial charge is 0.497 e. The van der Waals surface area contributed by atoms with Crippen LogP contribution in [-0.4, -0.2) is 35.5 Å². The first-order chi connectivity index (χ1) is 19.0. The highest BCUT2D eigenvalue weighted by Crippen LogP contribution is 2.38. The number of benzene rings is 4. The van der Waals surface area contributed by atoms with Crippen molar-refractivity contribution in [1.29, 1.82) is 0 Å². The monoisotopic (exact) mass is 528 g/mol. The maximum absolute atomic E-state index is 6.35. The summed E-state index contributed by atoms with van der Waals surface area (Å²) in [6.07, 6.45) is 3.34. The molecule has 0 aromatic heterocycles. The van der Waals surface area contributed by atoms with Gasteiger partial charge in [-0.25, -0.2) is 0 Å². The van der Waals surface area contributed by atoms with Crippen molar-refractivity contribution >= 4 is 0 Å². The predicted molar refractivity (Wildman–Crippen MR) is 153 cm³/mol. The average molecular weight is 529 g/mol. The molecule has 4 rings (SSSR count). The Balaban J connectivity index is 1.49. The van der Waals surface area contributed by atoms with E-state index < -0.39 is 0 Å². The molecule has 4 aromatic carbocycles. The number of methoxy groups -OCH3 is 5. The third-order valence-electron chi connectivity index (χ3n) is 6.65. The van der Waals surface area contributed by atoms with Gasteiger partial charge in [0.15, 0.2) is 11.5 Å². The number of aryl methyl sites for hydroxylation is 4. The standard InChI is InChI=1S/C33H36O6/c1-34-27-15-12-23(13-16-27)11-14-26-20-33(32(38-5)22-31(26)37-4)39-28-8-6-7-24(17-28)9-10-25-18-29(35-2)21-30(19-25)36-3/h6-8,12-13,15-22H,9-11,14H2,1-5H3. The topological polar surface area (TPSA) is 55.4 Å². The van der Waals surface area contributed by atoms with Gasteiger partial charge in [0.1, 0.15) is 28.7 Å². The van der Waals surface area contributed by atoms with Gasteiger partial charge in [0.2, 0.25) is 0 Å². The molecule has 0 aliphatic carbocycles. The van der Waals surface area contributed by atoms with Crippen LogP contribution < -0.4 is 28.4 Å². The molecule has 0 heterocycles. The van der Waals surface area contributed by atoms with E-state index in [1.807, 2.05) is 54.6 Å². The van der Waals surface area contributed by atoms with E-state index in [1.54, 1.807) is 35.5 Å². The van der Waals surface area contributed by atoms with Crippen LogP contribution in [0.1, 0.15) is 22.3 Å². The normalized spacial score (nSPS) is 10.6. The van der Waals surface area contributed by atoms with Gasteiger partial charge < -0.3 is 28.4 Å². The highest BCUT2D eigenvalue weighted by atomic mass is 16.5. The van der Waals surface area contributed by atoms with Crippen molar-refractivity contribution in [2.75, 3.05) is 35.5 Å². The Morgan fingerprint density at radius 1 is 0.410 bits per heavy atom. The maximum atomic E-state index is 6.35. The van der Waals surface area contributed by atoms with Crippen LogP contribution in [0.25, 0.3) is 0 Å². The van der Waals surface area contributed by atoms with Gasteiger partial charge in [0, 0.05) is 12.1 Å². The highest BCUT2D eigenvalue weighted by Gasteiger charge is 2.14. The molecule has 0 saturated carbocycles. The Morgan fingerprint density at radius 3 is 1.67 bits per heavy atom. The summed E-state index contributed by atoms with van der Waals surface area (Å²) in [6, 6.07) is 26.1. The third-order valence-corrected chi connectivity index (χ3v) is 6.65. The van der Waals surface area contributed by atoms with Gasteiger partial charge in [-0.2, -0.15) is 0 Å². The zero-order valence-corrected chi connectivity index (χ0v) is 23.3. The summed E-state index contributed by atoms with van der Waals surface area (Å²) in [7, 11) is 8.31. The fourth-order valence-corrected chi connectivity index (χ4v) is 4.47. The van der Waals surface area contributed by atoms with Crippen LogP contribution in [0.4, 0.5) is 0 Å². The molecule has 0 N–H and O–H groups in total. The molecule has 0 aliphatic rings. The minimum Gasteiger partial charge on any atom is -0.497 e. The first-order valence-corrected chi connectivity index (χ1v) is 12.9. The lowest BCUT2D eigenvalue weighted by atomic mass is 10.0. The molecule has 4 aromatic rings. The smallest absolute Gasteiger partial charge is 0.169 e. The highest BCUT2D eigenvalue weighted by molar-refractivity contribution is 5.52. The molecular weight excluding hydrogens is 492 g/mol. The molecule has 0 unspecified atom stereocenters. The Bertz CT molecular complexity index is 1340. The van der Waals surface area contributed by atoms with Crippen LogP contribution in [0.3, 0.4) is 0 Å². The van der Waals surface area contributed by atoms with Crippen LogP contribution in [0.15, 0.2) is 78.9 Å². The lowest BCUT2D eigenvalue weighted by Gasteiger charge is -2.16. The Hall–Kier alpha value is -4.32. The first-order valence-electron chi connectivity index (χ1n) is 12.9. The number of hydrogen-bond acceptors (Lipinski definition) is 6. The summed E-state index contributed by atoms with van der Waals surface area (Å²) in [5.74, 6) is 5.22. The van der Waals surface area contributed by atoms with E-state index in [0.717, 1.165) is 65.6 Å². The van der Waals surface area contributed by atoms with Crippen LogP contribution in [0, 0.1) is 0 Å². The lowest BCUT2D eigenvalue weighted by Crippen LogP contribution is -1.99. The molecule has 0 amide bonds. The minimum atomic E-state index is 0.619. The fraction of sp³-hybridized carbons (Fsp3) is 0.273. The van der Waals surface area contributed by atoms with Gasteiger partial charge in [-0.1, -0.05) is 24.3 Å². The molecule has 0 aliphatic heterocycles. The summed E-state index contributed by atoms with van der Waals surface area (Å²) in [4.78, 5) is 0. The molecule has 0 spiro atoms. The van der Waals surface area contributed by atoms with Crippen molar-refractivity contribution in [1.82, 2.24) is 0 Å². The Morgan fingerprint density at radius 2 is 1.03 bits per heavy atom. The van der Waals surface area contributed by atoms with Gasteiger partial charge in [-0.3, -0.25) is 0 Å². The van der Waals surface area contributed by atoms with Gasteiger partial charge >= 0.3 is 0 Å². The van der Waals surface area contributed by atoms with Crippen molar-refractivity contribution in [3.63, 3.8) is 0 Å². The van der Waals surface area contributed by atoms with Crippen LogP contribution in [-0.2, 0) is 25.7 Å². The van der Waals surface area contributed by atoms with Gasteiger partial charge in [-0.05, 0) is 90.4 Å².